The molecule has 0 heterocycles. The summed E-state index contributed by atoms with van der Waals surface area (Å²) >= 11 is 3.36. The Labute approximate surface area is 179 Å². The predicted molar refractivity (Wildman–Crippen MR) is 121 cm³/mol. The minimum atomic E-state index is -3.49. The minimum absolute atomic E-state index is 0.232. The van der Waals surface area contributed by atoms with Gasteiger partial charge in [0, 0.05) is 15.7 Å². The smallest absolute Gasteiger partial charge is 0.255 e. The first-order valence-electron chi connectivity index (χ1n) is 8.93. The lowest BCUT2D eigenvalue weighted by Crippen LogP contribution is -2.29. The summed E-state index contributed by atoms with van der Waals surface area (Å²) in [6, 6.07) is 21.5. The first-order valence-corrected chi connectivity index (χ1v) is 11.6. The van der Waals surface area contributed by atoms with E-state index in [9.17, 15) is 13.2 Å². The number of carbonyl (C=O) groups excluding carboxylic acids is 1. The Morgan fingerprint density at radius 2 is 1.59 bits per heavy atom. The third-order valence-corrected chi connectivity index (χ3v) is 6.16. The highest BCUT2D eigenvalue weighted by atomic mass is 79.9. The van der Waals surface area contributed by atoms with Crippen molar-refractivity contribution in [2.75, 3.05) is 15.9 Å². The molecule has 150 valence electrons. The van der Waals surface area contributed by atoms with Crippen molar-refractivity contribution in [3.63, 3.8) is 0 Å². The monoisotopic (exact) mass is 472 g/mol. The average molecular weight is 473 g/mol. The van der Waals surface area contributed by atoms with E-state index < -0.39 is 10.0 Å². The van der Waals surface area contributed by atoms with Crippen molar-refractivity contribution in [1.29, 1.82) is 0 Å². The SMILES string of the molecule is Cc1ccccc1CN(c1ccc(C(=O)Nc2ccc(Br)cc2)cc1)S(C)(=O)=O. The van der Waals surface area contributed by atoms with Crippen molar-refractivity contribution in [1.82, 2.24) is 0 Å². The fraction of sp³-hybridized carbons (Fsp3) is 0.136. The van der Waals surface area contributed by atoms with Crippen LogP contribution in [0.5, 0.6) is 0 Å². The number of anilines is 2. The van der Waals surface area contributed by atoms with Gasteiger partial charge in [0.2, 0.25) is 10.0 Å². The molecule has 0 saturated carbocycles. The van der Waals surface area contributed by atoms with Gasteiger partial charge in [-0.05, 0) is 66.6 Å². The van der Waals surface area contributed by atoms with Crippen molar-refractivity contribution >= 4 is 43.2 Å². The van der Waals surface area contributed by atoms with Gasteiger partial charge in [-0.1, -0.05) is 40.2 Å². The number of benzene rings is 3. The van der Waals surface area contributed by atoms with Gasteiger partial charge < -0.3 is 5.32 Å². The molecule has 0 saturated heterocycles. The summed E-state index contributed by atoms with van der Waals surface area (Å²) in [7, 11) is -3.49. The van der Waals surface area contributed by atoms with Crippen LogP contribution in [0.3, 0.4) is 0 Å². The highest BCUT2D eigenvalue weighted by molar-refractivity contribution is 9.10. The maximum atomic E-state index is 12.5. The summed E-state index contributed by atoms with van der Waals surface area (Å²) in [6.45, 7) is 2.18. The largest absolute Gasteiger partial charge is 0.322 e. The summed E-state index contributed by atoms with van der Waals surface area (Å²) in [5.74, 6) is -0.260. The molecule has 1 amide bonds. The minimum Gasteiger partial charge on any atom is -0.322 e. The average Bonchev–Trinajstić information content (AvgIpc) is 2.68. The highest BCUT2D eigenvalue weighted by Gasteiger charge is 2.19. The Morgan fingerprint density at radius 3 is 2.17 bits per heavy atom. The van der Waals surface area contributed by atoms with Crippen LogP contribution in [0.1, 0.15) is 21.5 Å². The van der Waals surface area contributed by atoms with Gasteiger partial charge in [0.15, 0.2) is 0 Å². The number of rotatable bonds is 6. The molecule has 0 unspecified atom stereocenters. The molecule has 0 atom stereocenters. The molecule has 0 spiro atoms. The summed E-state index contributed by atoms with van der Waals surface area (Å²) in [5, 5.41) is 2.82. The van der Waals surface area contributed by atoms with Crippen LogP contribution in [-0.2, 0) is 16.6 Å². The van der Waals surface area contributed by atoms with Crippen molar-refractivity contribution in [2.24, 2.45) is 0 Å². The van der Waals surface area contributed by atoms with Gasteiger partial charge in [0.1, 0.15) is 0 Å². The topological polar surface area (TPSA) is 66.5 Å². The molecule has 3 rings (SSSR count). The fourth-order valence-corrected chi connectivity index (χ4v) is 4.00. The van der Waals surface area contributed by atoms with Gasteiger partial charge in [-0.3, -0.25) is 9.10 Å². The number of hydrogen-bond donors (Lipinski definition) is 1. The van der Waals surface area contributed by atoms with E-state index in [1.54, 1.807) is 36.4 Å². The summed E-state index contributed by atoms with van der Waals surface area (Å²) < 4.78 is 27.0. The number of halogens is 1. The van der Waals surface area contributed by atoms with Gasteiger partial charge in [-0.25, -0.2) is 8.42 Å². The van der Waals surface area contributed by atoms with E-state index in [1.807, 2.05) is 43.3 Å². The van der Waals surface area contributed by atoms with Crippen LogP contribution in [0.15, 0.2) is 77.3 Å². The Morgan fingerprint density at radius 1 is 0.966 bits per heavy atom. The number of nitrogens with one attached hydrogen (secondary N) is 1. The van der Waals surface area contributed by atoms with Crippen LogP contribution in [0.2, 0.25) is 0 Å². The number of sulfonamides is 1. The molecular weight excluding hydrogens is 452 g/mol. The Bertz CT molecular complexity index is 1110. The molecule has 3 aromatic carbocycles. The zero-order chi connectivity index (χ0) is 21.0. The van der Waals surface area contributed by atoms with Crippen LogP contribution < -0.4 is 9.62 Å². The number of aryl methyl sites for hydroxylation is 1. The lowest BCUT2D eigenvalue weighted by Gasteiger charge is -2.23. The Kier molecular flexibility index (Phi) is 6.39. The molecule has 0 aliphatic carbocycles. The third-order valence-electron chi connectivity index (χ3n) is 4.50. The van der Waals surface area contributed by atoms with Gasteiger partial charge in [0.05, 0.1) is 18.5 Å². The molecule has 0 fully saturated rings. The standard InChI is InChI=1S/C22H21BrN2O3S/c1-16-5-3-4-6-18(16)15-25(29(2,27)28)21-13-7-17(8-14-21)22(26)24-20-11-9-19(23)10-12-20/h3-14H,15H2,1-2H3,(H,24,26). The molecule has 0 radical (unpaired) electrons. The lowest BCUT2D eigenvalue weighted by atomic mass is 10.1. The van der Waals surface area contributed by atoms with Gasteiger partial charge in [-0.15, -0.1) is 0 Å². The fourth-order valence-electron chi connectivity index (χ4n) is 2.86. The number of carbonyl (C=O) groups is 1. The van der Waals surface area contributed by atoms with E-state index in [0.29, 0.717) is 16.9 Å². The van der Waals surface area contributed by atoms with E-state index in [2.05, 4.69) is 21.2 Å². The van der Waals surface area contributed by atoms with Crippen LogP contribution in [0, 0.1) is 6.92 Å². The Hall–Kier alpha value is -2.64. The van der Waals surface area contributed by atoms with E-state index in [1.165, 1.54) is 10.6 Å². The normalized spacial score (nSPS) is 11.1. The van der Waals surface area contributed by atoms with E-state index in [4.69, 9.17) is 0 Å². The quantitative estimate of drug-likeness (QED) is 0.550. The highest BCUT2D eigenvalue weighted by Crippen LogP contribution is 2.23. The predicted octanol–water partition coefficient (Wildman–Crippen LogP) is 4.98. The molecule has 7 heteroatoms. The first-order chi connectivity index (χ1) is 13.7. The van der Waals surface area contributed by atoms with Crippen molar-refractivity contribution in [2.45, 2.75) is 13.5 Å². The second-order valence-electron chi connectivity index (χ2n) is 6.70. The zero-order valence-corrected chi connectivity index (χ0v) is 18.5. The van der Waals surface area contributed by atoms with Crippen LogP contribution in [-0.4, -0.2) is 20.6 Å². The molecule has 0 aromatic heterocycles. The zero-order valence-electron chi connectivity index (χ0n) is 16.1. The van der Waals surface area contributed by atoms with E-state index in [-0.39, 0.29) is 12.5 Å². The summed E-state index contributed by atoms with van der Waals surface area (Å²) in [5.41, 5.74) is 3.58. The Balaban J connectivity index is 1.81. The van der Waals surface area contributed by atoms with Gasteiger partial charge in [-0.2, -0.15) is 0 Å². The van der Waals surface area contributed by atoms with Gasteiger partial charge >= 0.3 is 0 Å². The van der Waals surface area contributed by atoms with Crippen LogP contribution in [0.4, 0.5) is 11.4 Å². The molecule has 29 heavy (non-hydrogen) atoms. The van der Waals surface area contributed by atoms with Gasteiger partial charge in [0.25, 0.3) is 5.91 Å². The van der Waals surface area contributed by atoms with E-state index >= 15 is 0 Å². The summed E-state index contributed by atoms with van der Waals surface area (Å²) in [6.07, 6.45) is 1.18. The van der Waals surface area contributed by atoms with E-state index in [0.717, 1.165) is 15.6 Å². The molecule has 0 aliphatic heterocycles. The number of nitrogens with zero attached hydrogens (tertiary/aromatic N) is 1. The molecule has 3 aromatic rings. The number of hydrogen-bond acceptors (Lipinski definition) is 3. The van der Waals surface area contributed by atoms with Crippen LogP contribution >= 0.6 is 15.9 Å². The van der Waals surface area contributed by atoms with Crippen LogP contribution in [0.25, 0.3) is 0 Å². The molecule has 1 N–H and O–H groups in total. The second kappa shape index (κ2) is 8.80. The lowest BCUT2D eigenvalue weighted by molar-refractivity contribution is 0.102. The number of amides is 1. The van der Waals surface area contributed by atoms with Crippen molar-refractivity contribution in [3.05, 3.63) is 94.0 Å². The molecule has 0 aliphatic rings. The first kappa shape index (κ1) is 21.1. The molecule has 5 nitrogen and oxygen atoms in total. The maximum absolute atomic E-state index is 12.5. The van der Waals surface area contributed by atoms with Crippen molar-refractivity contribution < 1.29 is 13.2 Å². The second-order valence-corrected chi connectivity index (χ2v) is 9.53. The van der Waals surface area contributed by atoms with Crippen molar-refractivity contribution in [3.8, 4) is 0 Å². The summed E-state index contributed by atoms with van der Waals surface area (Å²) in [4.78, 5) is 12.5. The molecular formula is C22H21BrN2O3S. The third kappa shape index (κ3) is 5.46. The molecule has 0 bridgehead atoms. The maximum Gasteiger partial charge on any atom is 0.255 e.